The highest BCUT2D eigenvalue weighted by Gasteiger charge is 2.01. The van der Waals surface area contributed by atoms with Gasteiger partial charge in [0.25, 0.3) is 0 Å². The van der Waals surface area contributed by atoms with Crippen LogP contribution in [0.5, 0.6) is 0 Å². The third kappa shape index (κ3) is 4.40. The maximum Gasteiger partial charge on any atom is 0.135 e. The van der Waals surface area contributed by atoms with Crippen molar-refractivity contribution in [1.29, 1.82) is 0 Å². The fourth-order valence-corrected chi connectivity index (χ4v) is 2.12. The smallest absolute Gasteiger partial charge is 0.135 e. The standard InChI is InChI=1S/C17H14ClFN4/c18-13-3-1-12(2-4-13)10-20-16-9-17(22-11-21-16)23-15-7-5-14(19)6-8-15/h1-9,11H,10H2,(H2,20,21,22,23). The maximum absolute atomic E-state index is 12.9. The Balaban J connectivity index is 1.65. The number of hydrogen-bond donors (Lipinski definition) is 2. The molecule has 2 N–H and O–H groups in total. The highest BCUT2D eigenvalue weighted by Crippen LogP contribution is 2.17. The molecule has 0 aliphatic heterocycles. The van der Waals surface area contributed by atoms with Gasteiger partial charge in [-0.1, -0.05) is 23.7 Å². The molecule has 0 radical (unpaired) electrons. The Labute approximate surface area is 138 Å². The minimum Gasteiger partial charge on any atom is -0.366 e. The molecular weight excluding hydrogens is 315 g/mol. The highest BCUT2D eigenvalue weighted by molar-refractivity contribution is 6.30. The molecular formula is C17H14ClFN4. The number of nitrogens with zero attached hydrogens (tertiary/aromatic N) is 2. The first-order chi connectivity index (χ1) is 11.2. The van der Waals surface area contributed by atoms with Gasteiger partial charge >= 0.3 is 0 Å². The molecule has 0 spiro atoms. The van der Waals surface area contributed by atoms with Crippen LogP contribution in [0, 0.1) is 5.82 Å². The lowest BCUT2D eigenvalue weighted by atomic mass is 10.2. The van der Waals surface area contributed by atoms with E-state index in [4.69, 9.17) is 11.6 Å². The molecule has 23 heavy (non-hydrogen) atoms. The van der Waals surface area contributed by atoms with Gasteiger partial charge in [0.1, 0.15) is 23.8 Å². The Kier molecular flexibility index (Phi) is 4.68. The van der Waals surface area contributed by atoms with E-state index in [0.29, 0.717) is 23.2 Å². The van der Waals surface area contributed by atoms with Crippen LogP contribution < -0.4 is 10.6 Å². The van der Waals surface area contributed by atoms with Crippen molar-refractivity contribution >= 4 is 28.9 Å². The highest BCUT2D eigenvalue weighted by atomic mass is 35.5. The minimum absolute atomic E-state index is 0.274. The van der Waals surface area contributed by atoms with E-state index in [1.54, 1.807) is 18.2 Å². The molecule has 3 aromatic rings. The molecule has 0 aliphatic carbocycles. The Bertz CT molecular complexity index is 775. The molecule has 116 valence electrons. The first-order valence-corrected chi connectivity index (χ1v) is 7.40. The second-order valence-electron chi connectivity index (χ2n) is 4.90. The second kappa shape index (κ2) is 7.07. The molecule has 0 saturated heterocycles. The summed E-state index contributed by atoms with van der Waals surface area (Å²) < 4.78 is 12.9. The molecule has 4 nitrogen and oxygen atoms in total. The summed E-state index contributed by atoms with van der Waals surface area (Å²) in [5.41, 5.74) is 1.86. The third-order valence-electron chi connectivity index (χ3n) is 3.17. The van der Waals surface area contributed by atoms with Gasteiger partial charge in [0.05, 0.1) is 0 Å². The molecule has 0 bridgehead atoms. The number of halogens is 2. The largest absolute Gasteiger partial charge is 0.366 e. The Morgan fingerprint density at radius 2 is 1.61 bits per heavy atom. The van der Waals surface area contributed by atoms with Crippen LogP contribution in [0.2, 0.25) is 5.02 Å². The van der Waals surface area contributed by atoms with Crippen LogP contribution in [0.15, 0.2) is 60.9 Å². The van der Waals surface area contributed by atoms with Gasteiger partial charge < -0.3 is 10.6 Å². The summed E-state index contributed by atoms with van der Waals surface area (Å²) in [5, 5.41) is 7.03. The summed E-state index contributed by atoms with van der Waals surface area (Å²) in [6.45, 7) is 0.629. The number of aromatic nitrogens is 2. The van der Waals surface area contributed by atoms with Crippen LogP contribution in [-0.2, 0) is 6.54 Å². The SMILES string of the molecule is Fc1ccc(Nc2cc(NCc3ccc(Cl)cc3)ncn2)cc1. The molecule has 0 saturated carbocycles. The molecule has 6 heteroatoms. The first-order valence-electron chi connectivity index (χ1n) is 7.02. The normalized spacial score (nSPS) is 10.3. The topological polar surface area (TPSA) is 49.8 Å². The molecule has 1 heterocycles. The zero-order valence-corrected chi connectivity index (χ0v) is 12.9. The van der Waals surface area contributed by atoms with E-state index < -0.39 is 0 Å². The summed E-state index contributed by atoms with van der Waals surface area (Å²) in [4.78, 5) is 8.33. The van der Waals surface area contributed by atoms with Crippen LogP contribution in [0.25, 0.3) is 0 Å². The van der Waals surface area contributed by atoms with Gasteiger partial charge in [-0.2, -0.15) is 0 Å². The molecule has 3 rings (SSSR count). The van der Waals surface area contributed by atoms with Crippen molar-refractivity contribution in [2.45, 2.75) is 6.54 Å². The lowest BCUT2D eigenvalue weighted by molar-refractivity contribution is 0.628. The molecule has 0 atom stereocenters. The molecule has 0 fully saturated rings. The predicted molar refractivity (Wildman–Crippen MR) is 90.5 cm³/mol. The van der Waals surface area contributed by atoms with E-state index in [-0.39, 0.29) is 5.82 Å². The van der Waals surface area contributed by atoms with Gasteiger partial charge in [-0.25, -0.2) is 14.4 Å². The van der Waals surface area contributed by atoms with Crippen LogP contribution in [-0.4, -0.2) is 9.97 Å². The lowest BCUT2D eigenvalue weighted by Gasteiger charge is -2.09. The summed E-state index contributed by atoms with van der Waals surface area (Å²) in [7, 11) is 0. The maximum atomic E-state index is 12.9. The van der Waals surface area contributed by atoms with Gasteiger partial charge in [0.2, 0.25) is 0 Å². The van der Waals surface area contributed by atoms with Crippen molar-refractivity contribution < 1.29 is 4.39 Å². The van der Waals surface area contributed by atoms with E-state index in [0.717, 1.165) is 11.3 Å². The zero-order valence-electron chi connectivity index (χ0n) is 12.1. The van der Waals surface area contributed by atoms with Crippen LogP contribution in [0.4, 0.5) is 21.7 Å². The Hall–Kier alpha value is -2.66. The molecule has 2 aromatic carbocycles. The van der Waals surface area contributed by atoms with Crippen LogP contribution in [0.3, 0.4) is 0 Å². The molecule has 0 amide bonds. The number of hydrogen-bond acceptors (Lipinski definition) is 4. The van der Waals surface area contributed by atoms with Crippen molar-refractivity contribution in [1.82, 2.24) is 9.97 Å². The minimum atomic E-state index is -0.274. The van der Waals surface area contributed by atoms with E-state index >= 15 is 0 Å². The first kappa shape index (κ1) is 15.2. The second-order valence-corrected chi connectivity index (χ2v) is 5.34. The quantitative estimate of drug-likeness (QED) is 0.717. The van der Waals surface area contributed by atoms with Gasteiger partial charge in [-0.05, 0) is 42.0 Å². The lowest BCUT2D eigenvalue weighted by Crippen LogP contribution is -2.03. The number of anilines is 3. The van der Waals surface area contributed by atoms with Gasteiger partial charge in [-0.15, -0.1) is 0 Å². The fourth-order valence-electron chi connectivity index (χ4n) is 2.00. The Morgan fingerprint density at radius 1 is 0.913 bits per heavy atom. The number of rotatable bonds is 5. The van der Waals surface area contributed by atoms with Crippen molar-refractivity contribution in [3.63, 3.8) is 0 Å². The number of nitrogens with one attached hydrogen (secondary N) is 2. The van der Waals surface area contributed by atoms with Gasteiger partial charge in [-0.3, -0.25) is 0 Å². The summed E-state index contributed by atoms with van der Waals surface area (Å²) in [6, 6.07) is 15.5. The monoisotopic (exact) mass is 328 g/mol. The Morgan fingerprint density at radius 3 is 2.35 bits per heavy atom. The summed E-state index contributed by atoms with van der Waals surface area (Å²) >= 11 is 5.86. The van der Waals surface area contributed by atoms with E-state index in [9.17, 15) is 4.39 Å². The van der Waals surface area contributed by atoms with E-state index in [2.05, 4.69) is 20.6 Å². The summed E-state index contributed by atoms with van der Waals surface area (Å²) in [5.74, 6) is 1.05. The molecule has 0 unspecified atom stereocenters. The van der Waals surface area contributed by atoms with Crippen LogP contribution >= 0.6 is 11.6 Å². The average molecular weight is 329 g/mol. The predicted octanol–water partition coefficient (Wildman–Crippen LogP) is 4.62. The summed E-state index contributed by atoms with van der Waals surface area (Å²) in [6.07, 6.45) is 1.47. The zero-order chi connectivity index (χ0) is 16.1. The molecule has 1 aromatic heterocycles. The van der Waals surface area contributed by atoms with Gasteiger partial charge in [0, 0.05) is 23.3 Å². The fraction of sp³-hybridized carbons (Fsp3) is 0.0588. The van der Waals surface area contributed by atoms with Crippen molar-refractivity contribution in [2.24, 2.45) is 0 Å². The third-order valence-corrected chi connectivity index (χ3v) is 3.42. The van der Waals surface area contributed by atoms with Gasteiger partial charge in [0.15, 0.2) is 0 Å². The van der Waals surface area contributed by atoms with Crippen LogP contribution in [0.1, 0.15) is 5.56 Å². The van der Waals surface area contributed by atoms with E-state index in [1.165, 1.54) is 18.5 Å². The average Bonchev–Trinajstić information content (AvgIpc) is 2.57. The molecule has 0 aliphatic rings. The van der Waals surface area contributed by atoms with Crippen molar-refractivity contribution in [3.05, 3.63) is 77.3 Å². The van der Waals surface area contributed by atoms with Crippen molar-refractivity contribution in [3.8, 4) is 0 Å². The number of benzene rings is 2. The van der Waals surface area contributed by atoms with E-state index in [1.807, 2.05) is 24.3 Å². The van der Waals surface area contributed by atoms with Crippen molar-refractivity contribution in [2.75, 3.05) is 10.6 Å².